The van der Waals surface area contributed by atoms with Gasteiger partial charge in [0.1, 0.15) is 4.90 Å². The van der Waals surface area contributed by atoms with Crippen molar-refractivity contribution in [2.75, 3.05) is 0 Å². The van der Waals surface area contributed by atoms with Crippen LogP contribution < -0.4 is 0 Å². The average molecular weight is 234 g/mol. The lowest BCUT2D eigenvalue weighted by atomic mass is 10.2. The van der Waals surface area contributed by atoms with Crippen molar-refractivity contribution in [2.45, 2.75) is 39.1 Å². The number of nitrogens with zero attached hydrogens (tertiary/aromatic N) is 2. The Hall–Kier alpha value is -0.910. The molecule has 86 valence electrons. The fourth-order valence-corrected chi connectivity index (χ4v) is 2.41. The van der Waals surface area contributed by atoms with E-state index >= 15 is 0 Å². The second-order valence-electron chi connectivity index (χ2n) is 4.01. The third-order valence-corrected chi connectivity index (χ3v) is 3.18. The minimum Gasteiger partial charge on any atom is -0.268 e. The maximum Gasteiger partial charge on any atom is 0.335 e. The highest BCUT2D eigenvalue weighted by atomic mass is 32.3. The number of halogens is 1. The highest BCUT2D eigenvalue weighted by molar-refractivity contribution is 7.86. The Kier molecular flexibility index (Phi) is 3.18. The molecule has 0 unspecified atom stereocenters. The lowest BCUT2D eigenvalue weighted by Gasteiger charge is -2.06. The van der Waals surface area contributed by atoms with E-state index in [1.165, 1.54) is 11.6 Å². The number of aromatic nitrogens is 2. The molecule has 0 fully saturated rings. The summed E-state index contributed by atoms with van der Waals surface area (Å²) in [6.45, 7) is 7.62. The van der Waals surface area contributed by atoms with Crippen molar-refractivity contribution in [3.63, 3.8) is 0 Å². The molecule has 0 aliphatic rings. The molecule has 0 radical (unpaired) electrons. The molecule has 4 nitrogen and oxygen atoms in total. The molecule has 1 aromatic heterocycles. The number of hydrogen-bond donors (Lipinski definition) is 0. The third-order valence-electron chi connectivity index (χ3n) is 2.10. The molecule has 0 aromatic carbocycles. The minimum absolute atomic E-state index is 0.218. The van der Waals surface area contributed by atoms with E-state index in [1.54, 1.807) is 6.92 Å². The molecule has 0 N–H and O–H groups in total. The van der Waals surface area contributed by atoms with Gasteiger partial charge in [0.15, 0.2) is 0 Å². The molecule has 0 aliphatic carbocycles. The molecule has 1 rings (SSSR count). The Morgan fingerprint density at radius 2 is 1.93 bits per heavy atom. The first-order chi connectivity index (χ1) is 6.73. The Morgan fingerprint density at radius 1 is 1.40 bits per heavy atom. The highest BCUT2D eigenvalue weighted by Crippen LogP contribution is 2.21. The maximum absolute atomic E-state index is 12.9. The molecule has 0 bridgehead atoms. The van der Waals surface area contributed by atoms with E-state index in [0.717, 1.165) is 0 Å². The van der Waals surface area contributed by atoms with Crippen LogP contribution in [0.3, 0.4) is 0 Å². The van der Waals surface area contributed by atoms with Crippen LogP contribution in [0, 0.1) is 19.8 Å². The molecule has 0 saturated carbocycles. The predicted molar refractivity (Wildman–Crippen MR) is 54.8 cm³/mol. The Morgan fingerprint density at radius 3 is 2.27 bits per heavy atom. The lowest BCUT2D eigenvalue weighted by Crippen LogP contribution is -2.08. The van der Waals surface area contributed by atoms with Crippen molar-refractivity contribution in [2.24, 2.45) is 5.92 Å². The molecular formula is C9H15FN2O2S. The summed E-state index contributed by atoms with van der Waals surface area (Å²) in [6.07, 6.45) is 0. The van der Waals surface area contributed by atoms with Gasteiger partial charge in [-0.3, -0.25) is 4.68 Å². The van der Waals surface area contributed by atoms with Crippen molar-refractivity contribution in [1.82, 2.24) is 9.78 Å². The van der Waals surface area contributed by atoms with Crippen LogP contribution in [0.15, 0.2) is 4.90 Å². The van der Waals surface area contributed by atoms with Crippen LogP contribution in [0.1, 0.15) is 25.2 Å². The van der Waals surface area contributed by atoms with E-state index in [1.807, 2.05) is 13.8 Å². The predicted octanol–water partition coefficient (Wildman–Crippen LogP) is 1.81. The van der Waals surface area contributed by atoms with Crippen molar-refractivity contribution < 1.29 is 12.3 Å². The van der Waals surface area contributed by atoms with E-state index in [2.05, 4.69) is 5.10 Å². The molecule has 6 heteroatoms. The molecule has 0 atom stereocenters. The van der Waals surface area contributed by atoms with Gasteiger partial charge in [-0.2, -0.15) is 13.5 Å². The van der Waals surface area contributed by atoms with Crippen molar-refractivity contribution in [3.05, 3.63) is 11.4 Å². The second-order valence-corrected chi connectivity index (χ2v) is 5.30. The van der Waals surface area contributed by atoms with Crippen LogP contribution in [-0.4, -0.2) is 18.2 Å². The summed E-state index contributed by atoms with van der Waals surface area (Å²) in [6, 6.07) is 0. The zero-order chi connectivity index (χ0) is 11.8. The Labute approximate surface area is 89.3 Å². The average Bonchev–Trinajstić information content (AvgIpc) is 2.23. The van der Waals surface area contributed by atoms with Gasteiger partial charge in [0.05, 0.1) is 11.4 Å². The number of rotatable bonds is 3. The SMILES string of the molecule is Cc1nn(CC(C)C)c(C)c1S(=O)(=O)F. The van der Waals surface area contributed by atoms with Gasteiger partial charge in [-0.05, 0) is 19.8 Å². The molecule has 15 heavy (non-hydrogen) atoms. The molecule has 0 aliphatic heterocycles. The molecule has 1 heterocycles. The maximum atomic E-state index is 12.9. The zero-order valence-corrected chi connectivity index (χ0v) is 10.1. The fourth-order valence-electron chi connectivity index (χ4n) is 1.56. The van der Waals surface area contributed by atoms with E-state index < -0.39 is 10.2 Å². The first-order valence-electron chi connectivity index (χ1n) is 4.72. The van der Waals surface area contributed by atoms with Gasteiger partial charge in [0, 0.05) is 6.54 Å². The van der Waals surface area contributed by atoms with Crippen LogP contribution >= 0.6 is 0 Å². The molecule has 1 aromatic rings. The Balaban J connectivity index is 3.27. The van der Waals surface area contributed by atoms with E-state index in [4.69, 9.17) is 0 Å². The van der Waals surface area contributed by atoms with Gasteiger partial charge >= 0.3 is 10.2 Å². The summed E-state index contributed by atoms with van der Waals surface area (Å²) in [4.78, 5) is -0.289. The second kappa shape index (κ2) is 3.92. The normalized spacial score (nSPS) is 12.4. The largest absolute Gasteiger partial charge is 0.335 e. The van der Waals surface area contributed by atoms with E-state index in [0.29, 0.717) is 18.2 Å². The topological polar surface area (TPSA) is 52.0 Å². The van der Waals surface area contributed by atoms with Gasteiger partial charge in [-0.15, -0.1) is 3.89 Å². The number of aryl methyl sites for hydroxylation is 1. The smallest absolute Gasteiger partial charge is 0.268 e. The highest BCUT2D eigenvalue weighted by Gasteiger charge is 2.23. The molecule has 0 saturated heterocycles. The fraction of sp³-hybridized carbons (Fsp3) is 0.667. The van der Waals surface area contributed by atoms with Gasteiger partial charge in [-0.25, -0.2) is 0 Å². The summed E-state index contributed by atoms with van der Waals surface area (Å²) >= 11 is 0. The van der Waals surface area contributed by atoms with Gasteiger partial charge in [0.25, 0.3) is 0 Å². The van der Waals surface area contributed by atoms with Crippen molar-refractivity contribution >= 4 is 10.2 Å². The summed E-state index contributed by atoms with van der Waals surface area (Å²) in [5.74, 6) is 0.332. The Bertz CT molecular complexity index is 463. The summed E-state index contributed by atoms with van der Waals surface area (Å²) in [5, 5.41) is 4.01. The van der Waals surface area contributed by atoms with Crippen molar-refractivity contribution in [1.29, 1.82) is 0 Å². The van der Waals surface area contributed by atoms with Gasteiger partial charge < -0.3 is 0 Å². The quantitative estimate of drug-likeness (QED) is 0.749. The first kappa shape index (κ1) is 12.2. The summed E-state index contributed by atoms with van der Waals surface area (Å²) in [7, 11) is -4.66. The minimum atomic E-state index is -4.66. The van der Waals surface area contributed by atoms with Gasteiger partial charge in [0.2, 0.25) is 0 Å². The third kappa shape index (κ3) is 2.56. The monoisotopic (exact) mass is 234 g/mol. The van der Waals surface area contributed by atoms with Crippen molar-refractivity contribution in [3.8, 4) is 0 Å². The van der Waals surface area contributed by atoms with Gasteiger partial charge in [-0.1, -0.05) is 13.8 Å². The first-order valence-corrected chi connectivity index (χ1v) is 6.10. The van der Waals surface area contributed by atoms with Crippen LogP contribution in [0.25, 0.3) is 0 Å². The molecule has 0 amide bonds. The molecular weight excluding hydrogens is 219 g/mol. The standard InChI is InChI=1S/C9H15FN2O2S/c1-6(2)5-12-8(4)9(7(3)11-12)15(10,13)14/h6H,5H2,1-4H3. The summed E-state index contributed by atoms with van der Waals surface area (Å²) in [5.41, 5.74) is 0.583. The summed E-state index contributed by atoms with van der Waals surface area (Å²) < 4.78 is 36.2. The lowest BCUT2D eigenvalue weighted by molar-refractivity contribution is 0.471. The van der Waals surface area contributed by atoms with Crippen LogP contribution in [0.2, 0.25) is 0 Å². The van der Waals surface area contributed by atoms with E-state index in [-0.39, 0.29) is 10.6 Å². The zero-order valence-electron chi connectivity index (χ0n) is 9.28. The number of hydrogen-bond acceptors (Lipinski definition) is 3. The van der Waals surface area contributed by atoms with Crippen LogP contribution in [0.4, 0.5) is 3.89 Å². The van der Waals surface area contributed by atoms with E-state index in [9.17, 15) is 12.3 Å². The van der Waals surface area contributed by atoms with Crippen LogP contribution in [-0.2, 0) is 16.8 Å². The van der Waals surface area contributed by atoms with Crippen LogP contribution in [0.5, 0.6) is 0 Å². The molecule has 0 spiro atoms.